The monoisotopic (exact) mass is 332 g/mol. The van der Waals surface area contributed by atoms with Crippen LogP contribution >= 0.6 is 39.1 Å². The normalized spacial score (nSPS) is 10.4. The highest BCUT2D eigenvalue weighted by atomic mass is 79.9. The molecule has 2 rings (SSSR count). The fraction of sp³-hybridized carbons (Fsp3) is 0.100. The average Bonchev–Trinajstić information content (AvgIpc) is 2.28. The van der Waals surface area contributed by atoms with E-state index in [0.29, 0.717) is 5.82 Å². The molecule has 0 saturated heterocycles. The van der Waals surface area contributed by atoms with Crippen LogP contribution in [0.15, 0.2) is 22.7 Å². The Morgan fingerprint density at radius 2 is 2.00 bits per heavy atom. The van der Waals surface area contributed by atoms with E-state index in [1.54, 1.807) is 0 Å². The number of anilines is 2. The average molecular weight is 334 g/mol. The van der Waals surface area contributed by atoms with Crippen LogP contribution in [0.3, 0.4) is 0 Å². The van der Waals surface area contributed by atoms with Gasteiger partial charge in [-0.2, -0.15) is 4.98 Å². The Labute approximate surface area is 117 Å². The van der Waals surface area contributed by atoms with Gasteiger partial charge in [0.2, 0.25) is 5.28 Å². The van der Waals surface area contributed by atoms with Crippen molar-refractivity contribution in [1.82, 2.24) is 15.2 Å². The highest BCUT2D eigenvalue weighted by molar-refractivity contribution is 9.10. The Balaban J connectivity index is 2.37. The number of hydrogen-bond acceptors (Lipinski definition) is 4. The van der Waals surface area contributed by atoms with Crippen LogP contribution in [-0.2, 0) is 0 Å². The standard InChI is InChI=1S/C10H7BrCl2N4/c1-5-2-3-6(11)4-7(5)14-9-8(12)16-17-10(13)15-9/h2-4H,1H3,(H,14,15,17). The summed E-state index contributed by atoms with van der Waals surface area (Å²) in [5.41, 5.74) is 1.93. The minimum atomic E-state index is 0.0459. The van der Waals surface area contributed by atoms with Gasteiger partial charge in [0, 0.05) is 10.2 Å². The molecule has 0 unspecified atom stereocenters. The van der Waals surface area contributed by atoms with E-state index < -0.39 is 0 Å². The molecule has 0 spiro atoms. The second-order valence-electron chi connectivity index (χ2n) is 3.30. The summed E-state index contributed by atoms with van der Waals surface area (Å²) in [6.45, 7) is 1.97. The smallest absolute Gasteiger partial charge is 0.245 e. The Morgan fingerprint density at radius 1 is 1.24 bits per heavy atom. The maximum absolute atomic E-state index is 5.87. The Hall–Kier alpha value is -0.910. The predicted molar refractivity (Wildman–Crippen MR) is 72.0 cm³/mol. The highest BCUT2D eigenvalue weighted by Gasteiger charge is 2.08. The summed E-state index contributed by atoms with van der Waals surface area (Å²) >= 11 is 14.9. The van der Waals surface area contributed by atoms with Gasteiger partial charge in [0.25, 0.3) is 0 Å². The lowest BCUT2D eigenvalue weighted by atomic mass is 10.2. The number of aromatic nitrogens is 3. The van der Waals surface area contributed by atoms with Crippen molar-refractivity contribution in [2.24, 2.45) is 0 Å². The molecule has 1 aromatic heterocycles. The van der Waals surface area contributed by atoms with Gasteiger partial charge < -0.3 is 5.32 Å². The molecule has 17 heavy (non-hydrogen) atoms. The highest BCUT2D eigenvalue weighted by Crippen LogP contribution is 2.26. The summed E-state index contributed by atoms with van der Waals surface area (Å²) in [7, 11) is 0. The first-order valence-electron chi connectivity index (χ1n) is 4.65. The number of nitrogens with zero attached hydrogens (tertiary/aromatic N) is 3. The van der Waals surface area contributed by atoms with E-state index in [4.69, 9.17) is 23.2 Å². The van der Waals surface area contributed by atoms with Crippen LogP contribution in [0.2, 0.25) is 10.4 Å². The molecule has 2 aromatic rings. The van der Waals surface area contributed by atoms with Crippen LogP contribution in [0.4, 0.5) is 11.5 Å². The van der Waals surface area contributed by atoms with E-state index >= 15 is 0 Å². The third kappa shape index (κ3) is 3.06. The minimum Gasteiger partial charge on any atom is -0.337 e. The van der Waals surface area contributed by atoms with Crippen molar-refractivity contribution in [2.75, 3.05) is 5.32 Å². The largest absolute Gasteiger partial charge is 0.337 e. The van der Waals surface area contributed by atoms with Gasteiger partial charge >= 0.3 is 0 Å². The molecule has 0 bridgehead atoms. The van der Waals surface area contributed by atoms with Crippen LogP contribution in [0.5, 0.6) is 0 Å². The fourth-order valence-electron chi connectivity index (χ4n) is 1.23. The molecule has 0 saturated carbocycles. The summed E-state index contributed by atoms with van der Waals surface area (Å²) in [5, 5.41) is 10.5. The molecule has 1 heterocycles. The van der Waals surface area contributed by atoms with Crippen molar-refractivity contribution in [2.45, 2.75) is 6.92 Å². The quantitative estimate of drug-likeness (QED) is 0.902. The number of aryl methyl sites for hydroxylation is 1. The van der Waals surface area contributed by atoms with Crippen molar-refractivity contribution in [1.29, 1.82) is 0 Å². The first-order valence-corrected chi connectivity index (χ1v) is 6.20. The van der Waals surface area contributed by atoms with Gasteiger partial charge in [-0.3, -0.25) is 0 Å². The van der Waals surface area contributed by atoms with Crippen molar-refractivity contribution in [3.8, 4) is 0 Å². The molecule has 0 fully saturated rings. The first-order chi connectivity index (χ1) is 8.06. The SMILES string of the molecule is Cc1ccc(Br)cc1Nc1nc(Cl)nnc1Cl. The van der Waals surface area contributed by atoms with E-state index in [-0.39, 0.29) is 10.4 Å². The number of nitrogens with one attached hydrogen (secondary N) is 1. The number of rotatable bonds is 2. The van der Waals surface area contributed by atoms with E-state index in [2.05, 4.69) is 36.4 Å². The maximum atomic E-state index is 5.87. The van der Waals surface area contributed by atoms with Gasteiger partial charge in [0.05, 0.1) is 0 Å². The number of hydrogen-bond donors (Lipinski definition) is 1. The molecule has 1 aromatic carbocycles. The van der Waals surface area contributed by atoms with Crippen LogP contribution in [0.1, 0.15) is 5.56 Å². The molecule has 0 radical (unpaired) electrons. The zero-order valence-corrected chi connectivity index (χ0v) is 11.8. The topological polar surface area (TPSA) is 50.7 Å². The summed E-state index contributed by atoms with van der Waals surface area (Å²) < 4.78 is 0.954. The predicted octanol–water partition coefficient (Wildman–Crippen LogP) is 3.99. The van der Waals surface area contributed by atoms with Gasteiger partial charge in [-0.1, -0.05) is 33.6 Å². The van der Waals surface area contributed by atoms with Crippen molar-refractivity contribution >= 4 is 50.6 Å². The molecule has 1 N–H and O–H groups in total. The molecular formula is C10H7BrCl2N4. The van der Waals surface area contributed by atoms with E-state index in [9.17, 15) is 0 Å². The maximum Gasteiger partial charge on any atom is 0.245 e. The van der Waals surface area contributed by atoms with Crippen LogP contribution in [-0.4, -0.2) is 15.2 Å². The molecule has 4 nitrogen and oxygen atoms in total. The minimum absolute atomic E-state index is 0.0459. The zero-order valence-electron chi connectivity index (χ0n) is 8.71. The van der Waals surface area contributed by atoms with E-state index in [1.165, 1.54) is 0 Å². The zero-order chi connectivity index (χ0) is 12.4. The molecule has 0 aliphatic heterocycles. The fourth-order valence-corrected chi connectivity index (χ4v) is 1.84. The second kappa shape index (κ2) is 5.16. The van der Waals surface area contributed by atoms with Crippen molar-refractivity contribution in [3.63, 3.8) is 0 Å². The van der Waals surface area contributed by atoms with Crippen molar-refractivity contribution < 1.29 is 0 Å². The molecule has 88 valence electrons. The van der Waals surface area contributed by atoms with Crippen LogP contribution in [0, 0.1) is 6.92 Å². The lowest BCUT2D eigenvalue weighted by molar-refractivity contribution is 0.974. The van der Waals surface area contributed by atoms with Gasteiger partial charge in [0.1, 0.15) is 0 Å². The number of benzene rings is 1. The van der Waals surface area contributed by atoms with Gasteiger partial charge in [0.15, 0.2) is 11.0 Å². The van der Waals surface area contributed by atoms with Gasteiger partial charge in [-0.25, -0.2) is 0 Å². The van der Waals surface area contributed by atoms with Crippen LogP contribution < -0.4 is 5.32 Å². The van der Waals surface area contributed by atoms with E-state index in [0.717, 1.165) is 15.7 Å². The van der Waals surface area contributed by atoms with Crippen molar-refractivity contribution in [3.05, 3.63) is 38.7 Å². The molecule has 0 atom stereocenters. The summed E-state index contributed by atoms with van der Waals surface area (Å²) in [4.78, 5) is 3.97. The first kappa shape index (κ1) is 12.5. The summed E-state index contributed by atoms with van der Waals surface area (Å²) in [6, 6.07) is 5.84. The Bertz CT molecular complexity index is 512. The number of halogens is 3. The third-order valence-corrected chi connectivity index (χ3v) is 2.98. The summed E-state index contributed by atoms with van der Waals surface area (Å²) in [5.74, 6) is 0.382. The van der Waals surface area contributed by atoms with E-state index in [1.807, 2.05) is 25.1 Å². The molecule has 0 amide bonds. The van der Waals surface area contributed by atoms with Gasteiger partial charge in [-0.15, -0.1) is 10.2 Å². The Morgan fingerprint density at radius 3 is 2.76 bits per heavy atom. The lowest BCUT2D eigenvalue weighted by Gasteiger charge is -2.09. The Kier molecular flexibility index (Phi) is 3.81. The van der Waals surface area contributed by atoms with Crippen LogP contribution in [0.25, 0.3) is 0 Å². The molecular weight excluding hydrogens is 327 g/mol. The molecule has 0 aliphatic carbocycles. The lowest BCUT2D eigenvalue weighted by Crippen LogP contribution is -2.00. The van der Waals surface area contributed by atoms with Gasteiger partial charge in [-0.05, 0) is 36.2 Å². The molecule has 7 heteroatoms. The summed E-state index contributed by atoms with van der Waals surface area (Å²) in [6.07, 6.45) is 0. The molecule has 0 aliphatic rings. The third-order valence-electron chi connectivity index (χ3n) is 2.07. The second-order valence-corrected chi connectivity index (χ2v) is 4.92.